The Hall–Kier alpha value is -1.94. The quantitative estimate of drug-likeness (QED) is 0.0222. The van der Waals surface area contributed by atoms with Crippen LogP contribution in [0.25, 0.3) is 0 Å². The van der Waals surface area contributed by atoms with Crippen molar-refractivity contribution in [1.82, 2.24) is 0 Å². The van der Waals surface area contributed by atoms with Gasteiger partial charge in [-0.05, 0) is 31.6 Å². The van der Waals surface area contributed by atoms with E-state index in [0.29, 0.717) is 25.7 Å². The summed E-state index contributed by atoms with van der Waals surface area (Å²) in [5.41, 5.74) is 0. The number of hydrogen-bond acceptors (Lipinski definition) is 15. The Labute approximate surface area is 549 Å². The van der Waals surface area contributed by atoms with Gasteiger partial charge in [-0.1, -0.05) is 317 Å². The molecule has 0 aliphatic rings. The summed E-state index contributed by atoms with van der Waals surface area (Å²) in [5.74, 6) is -1.35. The molecule has 2 unspecified atom stereocenters. The van der Waals surface area contributed by atoms with E-state index in [2.05, 4.69) is 34.6 Å². The molecule has 0 fully saturated rings. The Kier molecular flexibility index (Phi) is 63.0. The number of hydrogen-bond donors (Lipinski definition) is 3. The van der Waals surface area contributed by atoms with Crippen LogP contribution in [0.15, 0.2) is 0 Å². The predicted molar refractivity (Wildman–Crippen MR) is 363 cm³/mol. The SMILES string of the molecule is CCCCCCCCCCCCCCCCCC(=O)O[C@H](COC(=O)CCCCCCCCCCCCCC(C)C)COP(=O)(O)OC[C@@H](O)COP(=O)(O)OC[C@@H](COC(=O)CCCCCCCCCCCC)OC(=O)CCCCCCCCCCCCC. The normalized spacial score (nSPS) is 14.1. The van der Waals surface area contributed by atoms with Gasteiger partial charge in [-0.25, -0.2) is 9.13 Å². The summed E-state index contributed by atoms with van der Waals surface area (Å²) in [6.07, 6.45) is 51.1. The van der Waals surface area contributed by atoms with Gasteiger partial charge < -0.3 is 33.8 Å². The smallest absolute Gasteiger partial charge is 0.462 e. The van der Waals surface area contributed by atoms with Gasteiger partial charge in [-0.15, -0.1) is 0 Å². The first-order chi connectivity index (χ1) is 43.5. The first-order valence-electron chi connectivity index (χ1n) is 37.1. The highest BCUT2D eigenvalue weighted by atomic mass is 31.2. The molecule has 0 spiro atoms. The molecule has 0 aliphatic heterocycles. The average molecular weight is 1330 g/mol. The number of aliphatic hydroxyl groups excluding tert-OH is 1. The van der Waals surface area contributed by atoms with E-state index >= 15 is 0 Å². The maximum absolute atomic E-state index is 13.0. The van der Waals surface area contributed by atoms with Gasteiger partial charge in [0.1, 0.15) is 19.3 Å². The summed E-state index contributed by atoms with van der Waals surface area (Å²) >= 11 is 0. The molecule has 0 aromatic carbocycles. The number of ether oxygens (including phenoxy) is 4. The summed E-state index contributed by atoms with van der Waals surface area (Å²) in [7, 11) is -9.90. The zero-order valence-corrected chi connectivity index (χ0v) is 60.1. The molecule has 0 rings (SSSR count). The Balaban J connectivity index is 5.24. The highest BCUT2D eigenvalue weighted by molar-refractivity contribution is 7.47. The van der Waals surface area contributed by atoms with Gasteiger partial charge in [0.2, 0.25) is 0 Å². The third-order valence-corrected chi connectivity index (χ3v) is 18.4. The van der Waals surface area contributed by atoms with E-state index in [1.807, 2.05) is 0 Å². The van der Waals surface area contributed by atoms with Crippen molar-refractivity contribution in [2.24, 2.45) is 5.92 Å². The van der Waals surface area contributed by atoms with E-state index in [1.54, 1.807) is 0 Å². The van der Waals surface area contributed by atoms with E-state index in [1.165, 1.54) is 193 Å². The fourth-order valence-electron chi connectivity index (χ4n) is 10.8. The van der Waals surface area contributed by atoms with Crippen molar-refractivity contribution in [3.05, 3.63) is 0 Å². The van der Waals surface area contributed by atoms with Gasteiger partial charge in [0.25, 0.3) is 0 Å². The molecular formula is C71H138O17P2. The lowest BCUT2D eigenvalue weighted by Crippen LogP contribution is -2.30. The fraction of sp³-hybridized carbons (Fsp3) is 0.944. The number of aliphatic hydroxyl groups is 1. The van der Waals surface area contributed by atoms with Crippen LogP contribution in [-0.2, 0) is 65.4 Å². The van der Waals surface area contributed by atoms with Crippen molar-refractivity contribution in [3.8, 4) is 0 Å². The molecular weight excluding hydrogens is 1190 g/mol. The summed E-state index contributed by atoms with van der Waals surface area (Å²) < 4.78 is 68.3. The van der Waals surface area contributed by atoms with Crippen LogP contribution in [0.2, 0.25) is 0 Å². The number of carbonyl (C=O) groups excluding carboxylic acids is 4. The predicted octanol–water partition coefficient (Wildman–Crippen LogP) is 20.5. The zero-order chi connectivity index (χ0) is 66.3. The van der Waals surface area contributed by atoms with Gasteiger partial charge in [0.15, 0.2) is 12.2 Å². The number of unbranched alkanes of at least 4 members (excludes halogenated alkanes) is 43. The lowest BCUT2D eigenvalue weighted by Gasteiger charge is -2.21. The second-order valence-electron chi connectivity index (χ2n) is 26.1. The summed E-state index contributed by atoms with van der Waals surface area (Å²) in [5, 5.41) is 10.6. The monoisotopic (exact) mass is 1320 g/mol. The number of esters is 4. The van der Waals surface area contributed by atoms with Gasteiger partial charge in [-0.3, -0.25) is 37.3 Å². The first kappa shape index (κ1) is 88.1. The summed E-state index contributed by atoms with van der Waals surface area (Å²) in [6.45, 7) is 7.25. The van der Waals surface area contributed by atoms with Crippen LogP contribution in [0.3, 0.4) is 0 Å². The van der Waals surface area contributed by atoms with Crippen LogP contribution in [0.4, 0.5) is 0 Å². The Bertz CT molecular complexity index is 1740. The lowest BCUT2D eigenvalue weighted by molar-refractivity contribution is -0.161. The molecule has 0 amide bonds. The Morgan fingerprint density at radius 2 is 0.511 bits per heavy atom. The van der Waals surface area contributed by atoms with E-state index in [0.717, 1.165) is 95.8 Å². The molecule has 0 heterocycles. The Morgan fingerprint density at radius 1 is 0.300 bits per heavy atom. The molecule has 0 saturated heterocycles. The number of phosphoric acid groups is 2. The minimum Gasteiger partial charge on any atom is -0.462 e. The highest BCUT2D eigenvalue weighted by Crippen LogP contribution is 2.45. The molecule has 0 radical (unpaired) electrons. The molecule has 534 valence electrons. The minimum absolute atomic E-state index is 0.107. The molecule has 90 heavy (non-hydrogen) atoms. The topological polar surface area (TPSA) is 237 Å². The number of carbonyl (C=O) groups is 4. The molecule has 0 bridgehead atoms. The molecule has 0 aromatic heterocycles. The third kappa shape index (κ3) is 64.8. The maximum Gasteiger partial charge on any atom is 0.472 e. The standard InChI is InChI=1S/C71H138O17P2/c1-6-9-12-15-18-21-24-25-26-27-31-37-42-47-52-57-71(76)88-67(61-82-69(74)55-50-45-40-35-32-28-30-33-38-43-48-53-64(4)5)63-86-90(79,80)84-59-65(72)58-83-89(77,78)85-62-66(60-81-68(73)54-49-44-39-34-23-20-17-14-11-8-3)87-70(75)56-51-46-41-36-29-22-19-16-13-10-7-2/h64-67,72H,6-63H2,1-5H3,(H,77,78)(H,79,80)/t65-,66+,67+/m0/s1. The lowest BCUT2D eigenvalue weighted by atomic mass is 10.0. The molecule has 17 nitrogen and oxygen atoms in total. The van der Waals surface area contributed by atoms with Crippen molar-refractivity contribution in [2.75, 3.05) is 39.6 Å². The number of phosphoric ester groups is 2. The van der Waals surface area contributed by atoms with E-state index < -0.39 is 97.5 Å². The number of rotatable bonds is 71. The van der Waals surface area contributed by atoms with Crippen LogP contribution in [0, 0.1) is 5.92 Å². The molecule has 19 heteroatoms. The Morgan fingerprint density at radius 3 is 0.756 bits per heavy atom. The summed E-state index contributed by atoms with van der Waals surface area (Å²) in [6, 6.07) is 0. The van der Waals surface area contributed by atoms with E-state index in [-0.39, 0.29) is 25.7 Å². The molecule has 3 N–H and O–H groups in total. The zero-order valence-electron chi connectivity index (χ0n) is 58.3. The van der Waals surface area contributed by atoms with E-state index in [4.69, 9.17) is 37.0 Å². The van der Waals surface area contributed by atoms with Crippen LogP contribution in [-0.4, -0.2) is 96.7 Å². The molecule has 0 aliphatic carbocycles. The van der Waals surface area contributed by atoms with Crippen LogP contribution >= 0.6 is 15.6 Å². The largest absolute Gasteiger partial charge is 0.472 e. The summed E-state index contributed by atoms with van der Waals surface area (Å²) in [4.78, 5) is 72.6. The minimum atomic E-state index is -4.95. The van der Waals surface area contributed by atoms with Gasteiger partial charge >= 0.3 is 39.5 Å². The van der Waals surface area contributed by atoms with Gasteiger partial charge in [0, 0.05) is 25.7 Å². The third-order valence-electron chi connectivity index (χ3n) is 16.5. The van der Waals surface area contributed by atoms with Crippen molar-refractivity contribution in [2.45, 2.75) is 387 Å². The molecule has 0 aromatic rings. The van der Waals surface area contributed by atoms with Gasteiger partial charge in [0.05, 0.1) is 26.4 Å². The second kappa shape index (κ2) is 64.4. The van der Waals surface area contributed by atoms with Crippen molar-refractivity contribution in [3.63, 3.8) is 0 Å². The van der Waals surface area contributed by atoms with Crippen molar-refractivity contribution >= 4 is 39.5 Å². The van der Waals surface area contributed by atoms with Crippen LogP contribution in [0.1, 0.15) is 369 Å². The van der Waals surface area contributed by atoms with Crippen molar-refractivity contribution < 1.29 is 80.2 Å². The highest BCUT2D eigenvalue weighted by Gasteiger charge is 2.30. The fourth-order valence-corrected chi connectivity index (χ4v) is 12.4. The second-order valence-corrected chi connectivity index (χ2v) is 29.0. The maximum atomic E-state index is 13.0. The first-order valence-corrected chi connectivity index (χ1v) is 40.1. The molecule has 0 saturated carbocycles. The molecule has 5 atom stereocenters. The van der Waals surface area contributed by atoms with Gasteiger partial charge in [-0.2, -0.15) is 0 Å². The average Bonchev–Trinajstić information content (AvgIpc) is 3.72. The van der Waals surface area contributed by atoms with Crippen LogP contribution in [0.5, 0.6) is 0 Å². The van der Waals surface area contributed by atoms with Crippen LogP contribution < -0.4 is 0 Å². The van der Waals surface area contributed by atoms with Crippen molar-refractivity contribution in [1.29, 1.82) is 0 Å². The van der Waals surface area contributed by atoms with E-state index in [9.17, 15) is 43.2 Å².